The Morgan fingerprint density at radius 1 is 0.935 bits per heavy atom. The maximum absolute atomic E-state index is 12.7. The first-order valence-corrected chi connectivity index (χ1v) is 11.2. The van der Waals surface area contributed by atoms with Crippen molar-refractivity contribution in [3.63, 3.8) is 0 Å². The Labute approximate surface area is 182 Å². The van der Waals surface area contributed by atoms with Crippen LogP contribution in [0.1, 0.15) is 18.5 Å². The summed E-state index contributed by atoms with van der Waals surface area (Å²) in [6, 6.07) is 9.42. The number of anilines is 1. The van der Waals surface area contributed by atoms with Crippen LogP contribution in [0.2, 0.25) is 0 Å². The minimum atomic E-state index is -3.75. The van der Waals surface area contributed by atoms with Crippen LogP contribution in [0.15, 0.2) is 36.4 Å². The van der Waals surface area contributed by atoms with E-state index in [2.05, 4.69) is 5.32 Å². The molecular weight excluding hydrogens is 424 g/mol. The Hall–Kier alpha value is -3.14. The van der Waals surface area contributed by atoms with Crippen molar-refractivity contribution in [3.05, 3.63) is 42.0 Å². The van der Waals surface area contributed by atoms with E-state index in [0.29, 0.717) is 28.6 Å². The van der Waals surface area contributed by atoms with Gasteiger partial charge in [-0.3, -0.25) is 9.10 Å². The summed E-state index contributed by atoms with van der Waals surface area (Å²) >= 11 is 0. The summed E-state index contributed by atoms with van der Waals surface area (Å²) in [7, 11) is 2.25. The second-order valence-corrected chi connectivity index (χ2v) is 8.61. The number of methoxy groups -OCH3 is 4. The highest BCUT2D eigenvalue weighted by molar-refractivity contribution is 7.92. The summed E-state index contributed by atoms with van der Waals surface area (Å²) in [5.74, 6) is 1.50. The van der Waals surface area contributed by atoms with Crippen LogP contribution in [0.4, 0.5) is 5.69 Å². The molecule has 0 spiro atoms. The van der Waals surface area contributed by atoms with Crippen LogP contribution in [0.25, 0.3) is 0 Å². The molecule has 1 amide bonds. The Morgan fingerprint density at radius 3 is 2.10 bits per heavy atom. The monoisotopic (exact) mass is 452 g/mol. The number of carbonyl (C=O) groups is 1. The van der Waals surface area contributed by atoms with Crippen LogP contribution >= 0.6 is 0 Å². The van der Waals surface area contributed by atoms with Crippen molar-refractivity contribution in [1.29, 1.82) is 0 Å². The highest BCUT2D eigenvalue weighted by Crippen LogP contribution is 2.33. The summed E-state index contributed by atoms with van der Waals surface area (Å²) < 4.78 is 46.8. The number of benzene rings is 2. The quantitative estimate of drug-likeness (QED) is 0.590. The molecule has 0 radical (unpaired) electrons. The van der Waals surface area contributed by atoms with E-state index in [1.165, 1.54) is 27.4 Å². The van der Waals surface area contributed by atoms with Gasteiger partial charge in [-0.25, -0.2) is 8.42 Å². The molecule has 0 saturated heterocycles. The van der Waals surface area contributed by atoms with Crippen LogP contribution in [-0.4, -0.2) is 55.6 Å². The Bertz CT molecular complexity index is 1020. The molecular formula is C21H28N2O7S. The lowest BCUT2D eigenvalue weighted by atomic mass is 10.1. The number of hydrogen-bond acceptors (Lipinski definition) is 7. The molecule has 0 fully saturated rings. The fourth-order valence-corrected chi connectivity index (χ4v) is 3.90. The van der Waals surface area contributed by atoms with Gasteiger partial charge < -0.3 is 24.3 Å². The average Bonchev–Trinajstić information content (AvgIpc) is 2.75. The zero-order valence-corrected chi connectivity index (χ0v) is 19.3. The number of hydrogen-bond donors (Lipinski definition) is 1. The minimum absolute atomic E-state index is 0.280. The van der Waals surface area contributed by atoms with Crippen molar-refractivity contribution in [2.75, 3.05) is 45.5 Å². The summed E-state index contributed by atoms with van der Waals surface area (Å²) in [6.07, 6.45) is 1.03. The summed E-state index contributed by atoms with van der Waals surface area (Å²) in [6.45, 7) is 1.36. The lowest BCUT2D eigenvalue weighted by molar-refractivity contribution is -0.120. The normalized spacial score (nSPS) is 11.9. The Kier molecular flexibility index (Phi) is 7.98. The van der Waals surface area contributed by atoms with Gasteiger partial charge in [-0.1, -0.05) is 0 Å². The molecule has 1 atom stereocenters. The highest BCUT2D eigenvalue weighted by atomic mass is 32.2. The smallest absolute Gasteiger partial charge is 0.241 e. The van der Waals surface area contributed by atoms with Gasteiger partial charge >= 0.3 is 0 Å². The van der Waals surface area contributed by atoms with Crippen molar-refractivity contribution < 1.29 is 32.2 Å². The average molecular weight is 453 g/mol. The molecule has 0 aliphatic heterocycles. The van der Waals surface area contributed by atoms with Gasteiger partial charge in [0.25, 0.3) is 0 Å². The third kappa shape index (κ3) is 5.94. The summed E-state index contributed by atoms with van der Waals surface area (Å²) in [5, 5.41) is 2.81. The van der Waals surface area contributed by atoms with Crippen LogP contribution in [-0.2, 0) is 14.8 Å². The van der Waals surface area contributed by atoms with Crippen LogP contribution in [0.3, 0.4) is 0 Å². The van der Waals surface area contributed by atoms with Crippen molar-refractivity contribution >= 4 is 21.6 Å². The first-order valence-electron chi connectivity index (χ1n) is 9.35. The molecule has 170 valence electrons. The van der Waals surface area contributed by atoms with Gasteiger partial charge in [-0.2, -0.15) is 0 Å². The molecule has 0 saturated carbocycles. The van der Waals surface area contributed by atoms with Gasteiger partial charge in [0.05, 0.1) is 46.4 Å². The molecule has 31 heavy (non-hydrogen) atoms. The number of nitrogens with zero attached hydrogens (tertiary/aromatic N) is 1. The van der Waals surface area contributed by atoms with Gasteiger partial charge in [0.2, 0.25) is 15.9 Å². The highest BCUT2D eigenvalue weighted by Gasteiger charge is 2.24. The van der Waals surface area contributed by atoms with E-state index >= 15 is 0 Å². The maximum atomic E-state index is 12.7. The standard InChI is InChI=1S/C21H28N2O7S/c1-14(17-12-16(27-2)8-10-18(17)28-3)22-21(24)13-23(31(6,25)26)15-7-9-19(29-4)20(11-15)30-5/h7-12,14H,13H2,1-6H3,(H,22,24). The number of sulfonamides is 1. The number of carbonyl (C=O) groups excluding carboxylic acids is 1. The van der Waals surface area contributed by atoms with E-state index in [4.69, 9.17) is 18.9 Å². The van der Waals surface area contributed by atoms with Gasteiger partial charge in [0, 0.05) is 11.6 Å². The lowest BCUT2D eigenvalue weighted by Crippen LogP contribution is -2.41. The zero-order valence-electron chi connectivity index (χ0n) is 18.5. The molecule has 2 aromatic rings. The van der Waals surface area contributed by atoms with Crippen LogP contribution in [0.5, 0.6) is 23.0 Å². The fraction of sp³-hybridized carbons (Fsp3) is 0.381. The number of rotatable bonds is 10. The predicted octanol–water partition coefficient (Wildman–Crippen LogP) is 2.36. The van der Waals surface area contributed by atoms with Gasteiger partial charge in [-0.05, 0) is 37.3 Å². The summed E-state index contributed by atoms with van der Waals surface area (Å²) in [5.41, 5.74) is 0.981. The van der Waals surface area contributed by atoms with E-state index in [-0.39, 0.29) is 5.69 Å². The Morgan fingerprint density at radius 2 is 1.55 bits per heavy atom. The molecule has 1 N–H and O–H groups in total. The maximum Gasteiger partial charge on any atom is 0.241 e. The molecule has 0 bridgehead atoms. The zero-order chi connectivity index (χ0) is 23.2. The second-order valence-electron chi connectivity index (χ2n) is 6.71. The van der Waals surface area contributed by atoms with Crippen molar-refractivity contribution in [2.45, 2.75) is 13.0 Å². The second kappa shape index (κ2) is 10.3. The van der Waals surface area contributed by atoms with Gasteiger partial charge in [0.1, 0.15) is 18.0 Å². The van der Waals surface area contributed by atoms with E-state index in [0.717, 1.165) is 10.6 Å². The fourth-order valence-electron chi connectivity index (χ4n) is 3.05. The van der Waals surface area contributed by atoms with Crippen molar-refractivity contribution in [2.24, 2.45) is 0 Å². The van der Waals surface area contributed by atoms with Gasteiger partial charge in [-0.15, -0.1) is 0 Å². The molecule has 1 unspecified atom stereocenters. The third-order valence-corrected chi connectivity index (χ3v) is 5.76. The van der Waals surface area contributed by atoms with E-state index in [9.17, 15) is 13.2 Å². The van der Waals surface area contributed by atoms with E-state index < -0.39 is 28.5 Å². The van der Waals surface area contributed by atoms with E-state index in [1.807, 2.05) is 0 Å². The molecule has 2 rings (SSSR count). The SMILES string of the molecule is COc1ccc(OC)c(C(C)NC(=O)CN(c2ccc(OC)c(OC)c2)S(C)(=O)=O)c1. The van der Waals surface area contributed by atoms with Crippen molar-refractivity contribution in [1.82, 2.24) is 5.32 Å². The largest absolute Gasteiger partial charge is 0.497 e. The van der Waals surface area contributed by atoms with Gasteiger partial charge in [0.15, 0.2) is 11.5 Å². The number of ether oxygens (including phenoxy) is 4. The summed E-state index contributed by atoms with van der Waals surface area (Å²) in [4.78, 5) is 12.7. The molecule has 0 aliphatic carbocycles. The van der Waals surface area contributed by atoms with Crippen LogP contribution in [0, 0.1) is 0 Å². The minimum Gasteiger partial charge on any atom is -0.497 e. The molecule has 2 aromatic carbocycles. The van der Waals surface area contributed by atoms with Crippen molar-refractivity contribution in [3.8, 4) is 23.0 Å². The number of amides is 1. The first-order chi connectivity index (χ1) is 14.6. The van der Waals surface area contributed by atoms with Crippen LogP contribution < -0.4 is 28.6 Å². The molecule has 10 heteroatoms. The van der Waals surface area contributed by atoms with E-state index in [1.54, 1.807) is 44.4 Å². The third-order valence-electron chi connectivity index (χ3n) is 4.62. The number of nitrogens with one attached hydrogen (secondary N) is 1. The predicted molar refractivity (Wildman–Crippen MR) is 118 cm³/mol. The first kappa shape index (κ1) is 24.1. The molecule has 0 aromatic heterocycles. The topological polar surface area (TPSA) is 103 Å². The Balaban J connectivity index is 2.27. The lowest BCUT2D eigenvalue weighted by Gasteiger charge is -2.24. The molecule has 0 heterocycles. The molecule has 0 aliphatic rings. The molecule has 9 nitrogen and oxygen atoms in total.